The molecule has 0 aromatic heterocycles. The first kappa shape index (κ1) is 17.3. The zero-order chi connectivity index (χ0) is 16.2. The molecule has 1 N–H and O–H groups in total. The van der Waals surface area contributed by atoms with Gasteiger partial charge in [0.1, 0.15) is 5.60 Å². The van der Waals surface area contributed by atoms with Crippen molar-refractivity contribution in [2.45, 2.75) is 64.7 Å². The summed E-state index contributed by atoms with van der Waals surface area (Å²) in [6.07, 6.45) is 5.54. The Morgan fingerprint density at radius 2 is 2.14 bits per heavy atom. The van der Waals surface area contributed by atoms with Crippen molar-refractivity contribution < 1.29 is 14.3 Å². The van der Waals surface area contributed by atoms with Crippen molar-refractivity contribution in [1.82, 2.24) is 10.2 Å². The Balaban J connectivity index is 1.66. The van der Waals surface area contributed by atoms with E-state index in [4.69, 9.17) is 9.47 Å². The maximum Gasteiger partial charge on any atom is 0.410 e. The molecule has 5 heteroatoms. The fraction of sp³-hybridized carbons (Fsp3) is 0.824. The Hall–Kier alpha value is -1.07. The molecule has 0 spiro atoms. The molecule has 5 nitrogen and oxygen atoms in total. The second-order valence-corrected chi connectivity index (χ2v) is 7.17. The maximum atomic E-state index is 12.0. The number of hydrogen-bond donors (Lipinski definition) is 1. The fourth-order valence-electron chi connectivity index (χ4n) is 2.74. The van der Waals surface area contributed by atoms with Gasteiger partial charge in [-0.05, 0) is 47.0 Å². The van der Waals surface area contributed by atoms with Crippen LogP contribution in [0.1, 0.15) is 47.0 Å². The molecule has 0 bridgehead atoms. The number of amides is 1. The molecule has 2 rings (SSSR count). The SMILES string of the molecule is CCOC1CC(NCC2=CCN(C(=O)OC(C)(C)C)CC2)C1. The second-order valence-electron chi connectivity index (χ2n) is 7.17. The van der Waals surface area contributed by atoms with Gasteiger partial charge in [0.05, 0.1) is 6.10 Å². The molecular formula is C17H30N2O3. The molecule has 1 heterocycles. The van der Waals surface area contributed by atoms with Crippen LogP contribution in [0.3, 0.4) is 0 Å². The standard InChI is InChI=1S/C17H30N2O3/c1-5-21-15-10-14(11-15)18-12-13-6-8-19(9-7-13)16(20)22-17(2,3)4/h6,14-15,18H,5,7-12H2,1-4H3. The van der Waals surface area contributed by atoms with Crippen LogP contribution in [0.15, 0.2) is 11.6 Å². The van der Waals surface area contributed by atoms with Crippen LogP contribution >= 0.6 is 0 Å². The van der Waals surface area contributed by atoms with Crippen molar-refractivity contribution in [3.63, 3.8) is 0 Å². The fourth-order valence-corrected chi connectivity index (χ4v) is 2.74. The molecule has 1 amide bonds. The Morgan fingerprint density at radius 3 is 2.68 bits per heavy atom. The van der Waals surface area contributed by atoms with Crippen LogP contribution in [-0.4, -0.2) is 55.0 Å². The molecule has 0 saturated heterocycles. The van der Waals surface area contributed by atoms with E-state index < -0.39 is 5.60 Å². The molecule has 0 atom stereocenters. The zero-order valence-electron chi connectivity index (χ0n) is 14.4. The van der Waals surface area contributed by atoms with Crippen molar-refractivity contribution in [2.24, 2.45) is 0 Å². The Bertz CT molecular complexity index is 409. The molecule has 1 fully saturated rings. The van der Waals surface area contributed by atoms with Gasteiger partial charge < -0.3 is 19.7 Å². The third-order valence-electron chi connectivity index (χ3n) is 4.07. The van der Waals surface area contributed by atoms with Crippen molar-refractivity contribution in [1.29, 1.82) is 0 Å². The predicted octanol–water partition coefficient (Wildman–Crippen LogP) is 2.71. The van der Waals surface area contributed by atoms with E-state index in [0.29, 0.717) is 18.7 Å². The minimum absolute atomic E-state index is 0.214. The lowest BCUT2D eigenvalue weighted by Gasteiger charge is -2.36. The maximum absolute atomic E-state index is 12.0. The quantitative estimate of drug-likeness (QED) is 0.793. The highest BCUT2D eigenvalue weighted by molar-refractivity contribution is 5.68. The molecule has 0 unspecified atom stereocenters. The third-order valence-corrected chi connectivity index (χ3v) is 4.07. The number of nitrogens with one attached hydrogen (secondary N) is 1. The van der Waals surface area contributed by atoms with Gasteiger partial charge in [0.15, 0.2) is 0 Å². The number of ether oxygens (including phenoxy) is 2. The number of carbonyl (C=O) groups is 1. The first-order chi connectivity index (χ1) is 10.4. The van der Waals surface area contributed by atoms with E-state index in [0.717, 1.165) is 39.0 Å². The van der Waals surface area contributed by atoms with Crippen LogP contribution in [-0.2, 0) is 9.47 Å². The van der Waals surface area contributed by atoms with Crippen molar-refractivity contribution in [3.8, 4) is 0 Å². The van der Waals surface area contributed by atoms with E-state index >= 15 is 0 Å². The summed E-state index contributed by atoms with van der Waals surface area (Å²) in [6.45, 7) is 10.9. The van der Waals surface area contributed by atoms with Gasteiger partial charge in [-0.1, -0.05) is 11.6 Å². The summed E-state index contributed by atoms with van der Waals surface area (Å²) in [5.41, 5.74) is 0.962. The highest BCUT2D eigenvalue weighted by Crippen LogP contribution is 2.23. The minimum Gasteiger partial charge on any atom is -0.444 e. The highest BCUT2D eigenvalue weighted by Gasteiger charge is 2.29. The molecule has 0 radical (unpaired) electrons. The van der Waals surface area contributed by atoms with Crippen LogP contribution in [0.5, 0.6) is 0 Å². The zero-order valence-corrected chi connectivity index (χ0v) is 14.4. The molecule has 2 aliphatic rings. The first-order valence-electron chi connectivity index (χ1n) is 8.38. The molecule has 0 aromatic carbocycles. The minimum atomic E-state index is -0.427. The van der Waals surface area contributed by atoms with E-state index in [2.05, 4.69) is 11.4 Å². The Kier molecular flexibility index (Phi) is 5.87. The predicted molar refractivity (Wildman–Crippen MR) is 86.9 cm³/mol. The first-order valence-corrected chi connectivity index (χ1v) is 8.38. The number of rotatable bonds is 5. The number of nitrogens with zero attached hydrogens (tertiary/aromatic N) is 1. The van der Waals surface area contributed by atoms with Gasteiger partial charge in [-0.2, -0.15) is 0 Å². The van der Waals surface area contributed by atoms with Crippen LogP contribution in [0.2, 0.25) is 0 Å². The van der Waals surface area contributed by atoms with Gasteiger partial charge >= 0.3 is 6.09 Å². The second kappa shape index (κ2) is 7.47. The van der Waals surface area contributed by atoms with Crippen LogP contribution in [0.25, 0.3) is 0 Å². The Morgan fingerprint density at radius 1 is 1.41 bits per heavy atom. The molecule has 1 aliphatic heterocycles. The molecule has 0 aromatic rings. The van der Waals surface area contributed by atoms with E-state index in [1.165, 1.54) is 5.57 Å². The lowest BCUT2D eigenvalue weighted by Crippen LogP contribution is -2.46. The summed E-state index contributed by atoms with van der Waals surface area (Å²) in [5, 5.41) is 3.58. The molecule has 126 valence electrons. The summed E-state index contributed by atoms with van der Waals surface area (Å²) < 4.78 is 11.0. The van der Waals surface area contributed by atoms with Crippen LogP contribution < -0.4 is 5.32 Å². The van der Waals surface area contributed by atoms with Crippen molar-refractivity contribution >= 4 is 6.09 Å². The molecular weight excluding hydrogens is 280 g/mol. The Labute approximate surface area is 134 Å². The number of carbonyl (C=O) groups excluding carboxylic acids is 1. The van der Waals surface area contributed by atoms with Gasteiger partial charge in [-0.15, -0.1) is 0 Å². The van der Waals surface area contributed by atoms with Gasteiger partial charge in [-0.3, -0.25) is 0 Å². The largest absolute Gasteiger partial charge is 0.444 e. The van der Waals surface area contributed by atoms with Crippen LogP contribution in [0, 0.1) is 0 Å². The topological polar surface area (TPSA) is 50.8 Å². The lowest BCUT2D eigenvalue weighted by molar-refractivity contribution is -0.00927. The molecule has 1 aliphatic carbocycles. The van der Waals surface area contributed by atoms with Crippen molar-refractivity contribution in [2.75, 3.05) is 26.2 Å². The smallest absolute Gasteiger partial charge is 0.410 e. The monoisotopic (exact) mass is 310 g/mol. The van der Waals surface area contributed by atoms with E-state index in [-0.39, 0.29) is 6.09 Å². The summed E-state index contributed by atoms with van der Waals surface area (Å²) in [4.78, 5) is 13.8. The summed E-state index contributed by atoms with van der Waals surface area (Å²) in [7, 11) is 0. The van der Waals surface area contributed by atoms with E-state index in [1.807, 2.05) is 27.7 Å². The average molecular weight is 310 g/mol. The van der Waals surface area contributed by atoms with Gasteiger partial charge in [0, 0.05) is 32.3 Å². The summed E-state index contributed by atoms with van der Waals surface area (Å²) in [6, 6.07) is 0.585. The van der Waals surface area contributed by atoms with E-state index in [9.17, 15) is 4.79 Å². The van der Waals surface area contributed by atoms with E-state index in [1.54, 1.807) is 4.90 Å². The van der Waals surface area contributed by atoms with Crippen LogP contribution in [0.4, 0.5) is 4.79 Å². The third kappa shape index (κ3) is 5.29. The van der Waals surface area contributed by atoms with Gasteiger partial charge in [0.25, 0.3) is 0 Å². The average Bonchev–Trinajstić information content (AvgIpc) is 2.40. The molecule has 1 saturated carbocycles. The summed E-state index contributed by atoms with van der Waals surface area (Å²) in [5.74, 6) is 0. The van der Waals surface area contributed by atoms with Gasteiger partial charge in [0.2, 0.25) is 0 Å². The number of hydrogen-bond acceptors (Lipinski definition) is 4. The lowest BCUT2D eigenvalue weighted by atomic mass is 9.89. The molecule has 22 heavy (non-hydrogen) atoms. The van der Waals surface area contributed by atoms with Gasteiger partial charge in [-0.25, -0.2) is 4.79 Å². The highest BCUT2D eigenvalue weighted by atomic mass is 16.6. The van der Waals surface area contributed by atoms with Crippen molar-refractivity contribution in [3.05, 3.63) is 11.6 Å². The normalized spacial score (nSPS) is 25.5. The summed E-state index contributed by atoms with van der Waals surface area (Å²) >= 11 is 0.